The molecule has 0 fully saturated rings. The summed E-state index contributed by atoms with van der Waals surface area (Å²) in [5, 5.41) is 2.85. The van der Waals surface area contributed by atoms with Gasteiger partial charge in [-0.15, -0.1) is 0 Å². The van der Waals surface area contributed by atoms with Crippen LogP contribution in [0.5, 0.6) is 0 Å². The Hall–Kier alpha value is -1.29. The largest absolute Gasteiger partial charge is 0.455 e. The third-order valence-electron chi connectivity index (χ3n) is 2.83. The van der Waals surface area contributed by atoms with Gasteiger partial charge in [-0.2, -0.15) is 0 Å². The first-order valence-corrected chi connectivity index (χ1v) is 6.66. The summed E-state index contributed by atoms with van der Waals surface area (Å²) in [7, 11) is 0. The van der Waals surface area contributed by atoms with Crippen molar-refractivity contribution in [2.75, 3.05) is 19.6 Å². The number of carbonyl (C=O) groups is 1. The van der Waals surface area contributed by atoms with Crippen molar-refractivity contribution in [3.63, 3.8) is 0 Å². The topological polar surface area (TPSA) is 45.5 Å². The SMILES string of the molecule is CCN(CC)Cc1ccc(C(=O)NCC(C)C)o1. The molecule has 0 unspecified atom stereocenters. The van der Waals surface area contributed by atoms with E-state index >= 15 is 0 Å². The molecule has 0 aliphatic carbocycles. The number of nitrogens with one attached hydrogen (secondary N) is 1. The van der Waals surface area contributed by atoms with Crippen LogP contribution in [-0.2, 0) is 6.54 Å². The summed E-state index contributed by atoms with van der Waals surface area (Å²) in [5.41, 5.74) is 0. The van der Waals surface area contributed by atoms with E-state index in [1.807, 2.05) is 6.07 Å². The van der Waals surface area contributed by atoms with Gasteiger partial charge in [-0.1, -0.05) is 27.7 Å². The lowest BCUT2D eigenvalue weighted by Gasteiger charge is -2.15. The summed E-state index contributed by atoms with van der Waals surface area (Å²) in [4.78, 5) is 14.0. The van der Waals surface area contributed by atoms with Gasteiger partial charge in [0.2, 0.25) is 0 Å². The van der Waals surface area contributed by atoms with Crippen molar-refractivity contribution in [1.82, 2.24) is 10.2 Å². The predicted octanol–water partition coefficient (Wildman–Crippen LogP) is 2.51. The van der Waals surface area contributed by atoms with Gasteiger partial charge >= 0.3 is 0 Å². The van der Waals surface area contributed by atoms with Crippen LogP contribution < -0.4 is 5.32 Å². The minimum absolute atomic E-state index is 0.130. The quantitative estimate of drug-likeness (QED) is 0.811. The second-order valence-electron chi connectivity index (χ2n) is 4.83. The molecule has 4 heteroatoms. The molecular weight excluding hydrogens is 228 g/mol. The van der Waals surface area contributed by atoms with Crippen LogP contribution >= 0.6 is 0 Å². The predicted molar refractivity (Wildman–Crippen MR) is 72.5 cm³/mol. The lowest BCUT2D eigenvalue weighted by atomic mass is 10.2. The summed E-state index contributed by atoms with van der Waals surface area (Å²) in [6.07, 6.45) is 0. The Morgan fingerprint density at radius 3 is 2.56 bits per heavy atom. The molecule has 0 saturated carbocycles. The first-order chi connectivity index (χ1) is 8.56. The van der Waals surface area contributed by atoms with E-state index in [4.69, 9.17) is 4.42 Å². The fourth-order valence-electron chi connectivity index (χ4n) is 1.64. The number of furan rings is 1. The molecule has 1 rings (SSSR count). The summed E-state index contributed by atoms with van der Waals surface area (Å²) >= 11 is 0. The van der Waals surface area contributed by atoms with Crippen LogP contribution in [0.25, 0.3) is 0 Å². The highest BCUT2D eigenvalue weighted by Crippen LogP contribution is 2.10. The highest BCUT2D eigenvalue weighted by Gasteiger charge is 2.12. The maximum absolute atomic E-state index is 11.8. The zero-order chi connectivity index (χ0) is 13.5. The lowest BCUT2D eigenvalue weighted by Crippen LogP contribution is -2.27. The van der Waals surface area contributed by atoms with E-state index in [2.05, 4.69) is 37.9 Å². The van der Waals surface area contributed by atoms with Gasteiger partial charge in [0, 0.05) is 6.54 Å². The standard InChI is InChI=1S/C14H24N2O2/c1-5-16(6-2)10-12-7-8-13(18-12)14(17)15-9-11(3)4/h7-8,11H,5-6,9-10H2,1-4H3,(H,15,17). The molecule has 0 aromatic carbocycles. The maximum Gasteiger partial charge on any atom is 0.287 e. The van der Waals surface area contributed by atoms with Crippen LogP contribution in [0.3, 0.4) is 0 Å². The van der Waals surface area contributed by atoms with Crippen molar-refractivity contribution >= 4 is 5.91 Å². The number of hydrogen-bond donors (Lipinski definition) is 1. The van der Waals surface area contributed by atoms with E-state index in [9.17, 15) is 4.79 Å². The Morgan fingerprint density at radius 1 is 1.33 bits per heavy atom. The van der Waals surface area contributed by atoms with Crippen LogP contribution in [0.1, 0.15) is 44.0 Å². The van der Waals surface area contributed by atoms with Gasteiger partial charge in [0.05, 0.1) is 6.54 Å². The fourth-order valence-corrected chi connectivity index (χ4v) is 1.64. The minimum Gasteiger partial charge on any atom is -0.455 e. The van der Waals surface area contributed by atoms with Gasteiger partial charge in [0.25, 0.3) is 5.91 Å². The molecule has 1 aromatic rings. The van der Waals surface area contributed by atoms with Gasteiger partial charge in [-0.25, -0.2) is 0 Å². The van der Waals surface area contributed by atoms with E-state index in [1.165, 1.54) is 0 Å². The van der Waals surface area contributed by atoms with E-state index in [1.54, 1.807) is 6.07 Å². The third kappa shape index (κ3) is 4.53. The van der Waals surface area contributed by atoms with E-state index in [0.717, 1.165) is 25.4 Å². The summed E-state index contributed by atoms with van der Waals surface area (Å²) in [6, 6.07) is 3.62. The zero-order valence-electron chi connectivity index (χ0n) is 11.8. The molecule has 0 aliphatic heterocycles. The van der Waals surface area contributed by atoms with Crippen molar-refractivity contribution < 1.29 is 9.21 Å². The molecule has 4 nitrogen and oxygen atoms in total. The van der Waals surface area contributed by atoms with Crippen molar-refractivity contribution in [3.8, 4) is 0 Å². The Kier molecular flexibility index (Phi) is 5.92. The van der Waals surface area contributed by atoms with Crippen LogP contribution in [0.4, 0.5) is 0 Å². The molecule has 0 radical (unpaired) electrons. The van der Waals surface area contributed by atoms with Gasteiger partial charge in [0.1, 0.15) is 5.76 Å². The molecule has 102 valence electrons. The summed E-state index contributed by atoms with van der Waals surface area (Å²) in [5.74, 6) is 1.56. The van der Waals surface area contributed by atoms with Crippen LogP contribution in [0.2, 0.25) is 0 Å². The highest BCUT2D eigenvalue weighted by molar-refractivity contribution is 5.91. The molecule has 18 heavy (non-hydrogen) atoms. The van der Waals surface area contributed by atoms with Gasteiger partial charge in [-0.3, -0.25) is 9.69 Å². The Bertz CT molecular complexity index is 368. The van der Waals surface area contributed by atoms with E-state index in [-0.39, 0.29) is 5.91 Å². The molecule has 0 saturated heterocycles. The Labute approximate surface area is 109 Å². The normalized spacial score (nSPS) is 11.2. The van der Waals surface area contributed by atoms with Crippen molar-refractivity contribution in [2.24, 2.45) is 5.92 Å². The molecular formula is C14H24N2O2. The smallest absolute Gasteiger partial charge is 0.287 e. The number of rotatable bonds is 7. The van der Waals surface area contributed by atoms with Crippen LogP contribution in [-0.4, -0.2) is 30.4 Å². The minimum atomic E-state index is -0.130. The molecule has 1 amide bonds. The molecule has 0 aliphatic rings. The van der Waals surface area contributed by atoms with Crippen molar-refractivity contribution in [1.29, 1.82) is 0 Å². The zero-order valence-corrected chi connectivity index (χ0v) is 11.8. The summed E-state index contributed by atoms with van der Waals surface area (Å²) in [6.45, 7) is 11.7. The second kappa shape index (κ2) is 7.21. The first-order valence-electron chi connectivity index (χ1n) is 6.66. The molecule has 0 spiro atoms. The Balaban J connectivity index is 2.54. The summed E-state index contributed by atoms with van der Waals surface area (Å²) < 4.78 is 5.56. The first kappa shape index (κ1) is 14.8. The maximum atomic E-state index is 11.8. The van der Waals surface area contributed by atoms with Crippen LogP contribution in [0.15, 0.2) is 16.5 Å². The number of amides is 1. The van der Waals surface area contributed by atoms with Crippen molar-refractivity contribution in [3.05, 3.63) is 23.7 Å². The molecule has 1 heterocycles. The molecule has 1 aromatic heterocycles. The van der Waals surface area contributed by atoms with E-state index in [0.29, 0.717) is 18.2 Å². The van der Waals surface area contributed by atoms with Crippen molar-refractivity contribution in [2.45, 2.75) is 34.2 Å². The lowest BCUT2D eigenvalue weighted by molar-refractivity contribution is 0.0917. The monoisotopic (exact) mass is 252 g/mol. The fraction of sp³-hybridized carbons (Fsp3) is 0.643. The van der Waals surface area contributed by atoms with Gasteiger partial charge in [0.15, 0.2) is 5.76 Å². The second-order valence-corrected chi connectivity index (χ2v) is 4.83. The molecule has 0 bridgehead atoms. The van der Waals surface area contributed by atoms with E-state index < -0.39 is 0 Å². The van der Waals surface area contributed by atoms with Crippen LogP contribution in [0, 0.1) is 5.92 Å². The van der Waals surface area contributed by atoms with Gasteiger partial charge in [-0.05, 0) is 31.1 Å². The Morgan fingerprint density at radius 2 is 2.00 bits per heavy atom. The molecule has 1 N–H and O–H groups in total. The van der Waals surface area contributed by atoms with Gasteiger partial charge < -0.3 is 9.73 Å². The highest BCUT2D eigenvalue weighted by atomic mass is 16.4. The number of hydrogen-bond acceptors (Lipinski definition) is 3. The average Bonchev–Trinajstić information content (AvgIpc) is 2.81. The molecule has 0 atom stereocenters. The average molecular weight is 252 g/mol. The number of nitrogens with zero attached hydrogens (tertiary/aromatic N) is 1. The number of carbonyl (C=O) groups excluding carboxylic acids is 1. The third-order valence-corrected chi connectivity index (χ3v) is 2.83.